The summed E-state index contributed by atoms with van der Waals surface area (Å²) in [4.78, 5) is 26.1. The van der Waals surface area contributed by atoms with Crippen LogP contribution in [0.5, 0.6) is 5.75 Å². The van der Waals surface area contributed by atoms with Gasteiger partial charge in [0.25, 0.3) is 5.91 Å². The molecule has 1 aliphatic heterocycles. The number of rotatable bonds is 3. The Morgan fingerprint density at radius 1 is 1.24 bits per heavy atom. The number of carbonyl (C=O) groups is 2. The highest BCUT2D eigenvalue weighted by Crippen LogP contribution is 2.30. The monoisotopic (exact) mass is 344 g/mol. The summed E-state index contributed by atoms with van der Waals surface area (Å²) >= 11 is 0. The molecule has 2 N–H and O–H groups in total. The van der Waals surface area contributed by atoms with Crippen molar-refractivity contribution in [2.45, 2.75) is 12.1 Å². The topological polar surface area (TPSA) is 78.9 Å². The number of amides is 2. The van der Waals surface area contributed by atoms with Gasteiger partial charge in [-0.05, 0) is 17.7 Å². The summed E-state index contributed by atoms with van der Waals surface area (Å²) in [6.45, 7) is -0.236. The van der Waals surface area contributed by atoms with Crippen molar-refractivity contribution in [1.29, 1.82) is 0 Å². The second kappa shape index (κ2) is 6.90. The molecule has 2 aromatic rings. The molecule has 0 aromatic heterocycles. The Kier molecular flexibility index (Phi) is 4.67. The number of phenolic OH excluding ortho intramolecular Hbond substituents is 1. The molecule has 1 aliphatic rings. The Morgan fingerprint density at radius 2 is 1.96 bits per heavy atom. The third-order valence-corrected chi connectivity index (χ3v) is 4.12. The number of morpholine rings is 1. The van der Waals surface area contributed by atoms with Crippen LogP contribution in [0.25, 0.3) is 0 Å². The lowest BCUT2D eigenvalue weighted by Gasteiger charge is -2.38. The first kappa shape index (κ1) is 16.9. The second-order valence-electron chi connectivity index (χ2n) is 5.72. The number of nitrogens with zero attached hydrogens (tertiary/aromatic N) is 1. The van der Waals surface area contributed by atoms with Gasteiger partial charge in [-0.3, -0.25) is 9.59 Å². The van der Waals surface area contributed by atoms with Gasteiger partial charge < -0.3 is 20.1 Å². The summed E-state index contributed by atoms with van der Waals surface area (Å²) in [6, 6.07) is 12.3. The number of carbonyl (C=O) groups excluding carboxylic acids is 2. The van der Waals surface area contributed by atoms with Crippen molar-refractivity contribution >= 4 is 17.5 Å². The van der Waals surface area contributed by atoms with Gasteiger partial charge in [0.2, 0.25) is 5.91 Å². The molecule has 0 spiro atoms. The number of halogens is 1. The summed E-state index contributed by atoms with van der Waals surface area (Å²) in [5.41, 5.74) is 0.578. The Morgan fingerprint density at radius 3 is 2.68 bits per heavy atom. The van der Waals surface area contributed by atoms with Crippen molar-refractivity contribution in [2.24, 2.45) is 0 Å². The summed E-state index contributed by atoms with van der Waals surface area (Å²) in [5.74, 6) is -2.33. The van der Waals surface area contributed by atoms with E-state index in [1.54, 1.807) is 31.3 Å². The highest BCUT2D eigenvalue weighted by atomic mass is 19.1. The smallest absolute Gasteiger partial charge is 0.256 e. The van der Waals surface area contributed by atoms with E-state index in [-0.39, 0.29) is 18.2 Å². The lowest BCUT2D eigenvalue weighted by Crippen LogP contribution is -2.51. The third kappa shape index (κ3) is 3.32. The van der Waals surface area contributed by atoms with Crippen LogP contribution in [-0.2, 0) is 14.3 Å². The van der Waals surface area contributed by atoms with Gasteiger partial charge in [-0.1, -0.05) is 36.4 Å². The standard InChI is InChI=1S/C18H17FN2O4/c1-21-14(23)10-25-17(16(21)11-6-3-2-4-7-11)18(24)20-12-8-5-9-13(22)15(12)19/h2-9,16-17,22H,10H2,1H3,(H,20,24)/t16-,17-/m0/s1. The van der Waals surface area contributed by atoms with E-state index in [4.69, 9.17) is 4.74 Å². The van der Waals surface area contributed by atoms with Crippen molar-refractivity contribution in [2.75, 3.05) is 19.0 Å². The highest BCUT2D eigenvalue weighted by molar-refractivity contribution is 5.96. The zero-order chi connectivity index (χ0) is 18.0. The van der Waals surface area contributed by atoms with Gasteiger partial charge in [0.15, 0.2) is 17.7 Å². The van der Waals surface area contributed by atoms with E-state index in [9.17, 15) is 19.1 Å². The maximum absolute atomic E-state index is 13.9. The molecule has 0 radical (unpaired) electrons. The van der Waals surface area contributed by atoms with Gasteiger partial charge >= 0.3 is 0 Å². The van der Waals surface area contributed by atoms with E-state index in [1.165, 1.54) is 23.1 Å². The SMILES string of the molecule is CN1C(=O)CO[C@H](C(=O)Nc2cccc(O)c2F)[C@@H]1c1ccccc1. The van der Waals surface area contributed by atoms with E-state index >= 15 is 0 Å². The Bertz CT molecular complexity index is 797. The molecule has 2 amide bonds. The average molecular weight is 344 g/mol. The lowest BCUT2D eigenvalue weighted by molar-refractivity contribution is -0.160. The Labute approximate surface area is 143 Å². The summed E-state index contributed by atoms with van der Waals surface area (Å²) < 4.78 is 19.4. The number of ether oxygens (including phenoxy) is 1. The minimum Gasteiger partial charge on any atom is -0.505 e. The molecular weight excluding hydrogens is 327 g/mol. The minimum absolute atomic E-state index is 0.153. The van der Waals surface area contributed by atoms with Crippen molar-refractivity contribution in [3.8, 4) is 5.75 Å². The summed E-state index contributed by atoms with van der Waals surface area (Å²) in [7, 11) is 1.59. The van der Waals surface area contributed by atoms with E-state index in [1.807, 2.05) is 6.07 Å². The highest BCUT2D eigenvalue weighted by Gasteiger charge is 2.40. The second-order valence-corrected chi connectivity index (χ2v) is 5.72. The number of hydrogen-bond donors (Lipinski definition) is 2. The van der Waals surface area contributed by atoms with Gasteiger partial charge in [-0.2, -0.15) is 0 Å². The number of aromatic hydroxyl groups is 1. The zero-order valence-corrected chi connectivity index (χ0v) is 13.5. The molecule has 3 rings (SSSR count). The number of phenols is 1. The maximum Gasteiger partial charge on any atom is 0.256 e. The summed E-state index contributed by atoms with van der Waals surface area (Å²) in [5, 5.41) is 11.8. The molecule has 6 nitrogen and oxygen atoms in total. The molecular formula is C18H17FN2O4. The van der Waals surface area contributed by atoms with Crippen LogP contribution in [0.15, 0.2) is 48.5 Å². The molecule has 25 heavy (non-hydrogen) atoms. The maximum atomic E-state index is 13.9. The molecule has 0 bridgehead atoms. The molecule has 0 aliphatic carbocycles. The van der Waals surface area contributed by atoms with Crippen molar-refractivity contribution in [3.63, 3.8) is 0 Å². The molecule has 7 heteroatoms. The minimum atomic E-state index is -1.01. The molecule has 1 fully saturated rings. The Balaban J connectivity index is 1.89. The fourth-order valence-electron chi connectivity index (χ4n) is 2.80. The van der Waals surface area contributed by atoms with Crippen LogP contribution >= 0.6 is 0 Å². The van der Waals surface area contributed by atoms with Gasteiger partial charge in [-0.15, -0.1) is 0 Å². The van der Waals surface area contributed by atoms with Gasteiger partial charge in [-0.25, -0.2) is 4.39 Å². The predicted octanol–water partition coefficient (Wildman–Crippen LogP) is 2.07. The normalized spacial score (nSPS) is 20.4. The average Bonchev–Trinajstić information content (AvgIpc) is 2.61. The van der Waals surface area contributed by atoms with E-state index in [0.29, 0.717) is 0 Å². The Hall–Kier alpha value is -2.93. The van der Waals surface area contributed by atoms with Gasteiger partial charge in [0, 0.05) is 7.05 Å². The number of benzene rings is 2. The number of likely N-dealkylation sites (N-methyl/N-ethyl adjacent to an activating group) is 1. The molecule has 0 saturated carbocycles. The molecule has 1 heterocycles. The largest absolute Gasteiger partial charge is 0.505 e. The van der Waals surface area contributed by atoms with Crippen LogP contribution in [0.4, 0.5) is 10.1 Å². The zero-order valence-electron chi connectivity index (χ0n) is 13.5. The first-order chi connectivity index (χ1) is 12.0. The fraction of sp³-hybridized carbons (Fsp3) is 0.222. The van der Waals surface area contributed by atoms with Crippen LogP contribution in [0.2, 0.25) is 0 Å². The molecule has 130 valence electrons. The van der Waals surface area contributed by atoms with Crippen molar-refractivity contribution in [3.05, 3.63) is 59.9 Å². The molecule has 0 unspecified atom stereocenters. The molecule has 1 saturated heterocycles. The van der Waals surface area contributed by atoms with Crippen LogP contribution < -0.4 is 5.32 Å². The first-order valence-electron chi connectivity index (χ1n) is 7.69. The van der Waals surface area contributed by atoms with E-state index in [2.05, 4.69) is 5.32 Å². The van der Waals surface area contributed by atoms with Crippen LogP contribution in [0.1, 0.15) is 11.6 Å². The van der Waals surface area contributed by atoms with Crippen LogP contribution in [0, 0.1) is 5.82 Å². The fourth-order valence-corrected chi connectivity index (χ4v) is 2.80. The molecule has 2 atom stereocenters. The number of hydrogen-bond acceptors (Lipinski definition) is 4. The summed E-state index contributed by atoms with van der Waals surface area (Å²) in [6.07, 6.45) is -1.01. The van der Waals surface area contributed by atoms with Gasteiger partial charge in [0.1, 0.15) is 6.61 Å². The number of anilines is 1. The van der Waals surface area contributed by atoms with E-state index in [0.717, 1.165) is 5.56 Å². The lowest BCUT2D eigenvalue weighted by atomic mass is 9.97. The number of nitrogens with one attached hydrogen (secondary N) is 1. The van der Waals surface area contributed by atoms with Crippen LogP contribution in [-0.4, -0.2) is 41.6 Å². The van der Waals surface area contributed by atoms with Crippen LogP contribution in [0.3, 0.4) is 0 Å². The first-order valence-corrected chi connectivity index (χ1v) is 7.69. The predicted molar refractivity (Wildman–Crippen MR) is 88.4 cm³/mol. The van der Waals surface area contributed by atoms with Crippen molar-refractivity contribution in [1.82, 2.24) is 4.90 Å². The van der Waals surface area contributed by atoms with E-state index < -0.39 is 29.6 Å². The van der Waals surface area contributed by atoms with Gasteiger partial charge in [0.05, 0.1) is 11.7 Å². The molecule has 2 aromatic carbocycles. The van der Waals surface area contributed by atoms with Crippen molar-refractivity contribution < 1.29 is 23.8 Å². The quantitative estimate of drug-likeness (QED) is 0.893. The third-order valence-electron chi connectivity index (χ3n) is 4.12.